The molecule has 3 nitrogen and oxygen atoms in total. The fourth-order valence-electron chi connectivity index (χ4n) is 1.71. The average Bonchev–Trinajstić information content (AvgIpc) is 2.21. The minimum absolute atomic E-state index is 0.286. The monoisotopic (exact) mass is 221 g/mol. The first-order valence-electron chi connectivity index (χ1n) is 5.38. The van der Waals surface area contributed by atoms with Crippen molar-refractivity contribution in [1.82, 2.24) is 0 Å². The minimum atomic E-state index is -0.967. The highest BCUT2D eigenvalue weighted by Gasteiger charge is 2.17. The molecular weight excluding hydrogens is 202 g/mol. The molecule has 1 N–H and O–H groups in total. The van der Waals surface area contributed by atoms with Crippen LogP contribution in [0, 0.1) is 20.8 Å². The Hall–Kier alpha value is -1.35. The summed E-state index contributed by atoms with van der Waals surface area (Å²) in [6.45, 7) is 7.50. The summed E-state index contributed by atoms with van der Waals surface area (Å²) in [5.74, 6) is -0.286. The minimum Gasteiger partial charge on any atom is -0.384 e. The summed E-state index contributed by atoms with van der Waals surface area (Å²) in [7, 11) is 1.69. The predicted octanol–water partition coefficient (Wildman–Crippen LogP) is 1.96. The lowest BCUT2D eigenvalue weighted by Crippen LogP contribution is -2.35. The molecule has 3 heteroatoms. The topological polar surface area (TPSA) is 40.5 Å². The van der Waals surface area contributed by atoms with Gasteiger partial charge in [-0.05, 0) is 50.5 Å². The number of carbonyl (C=O) groups is 1. The second-order valence-electron chi connectivity index (χ2n) is 4.30. The van der Waals surface area contributed by atoms with E-state index in [0.717, 1.165) is 16.8 Å². The Morgan fingerprint density at radius 1 is 1.19 bits per heavy atom. The molecule has 0 saturated heterocycles. The van der Waals surface area contributed by atoms with Crippen molar-refractivity contribution in [2.24, 2.45) is 0 Å². The molecule has 0 aliphatic heterocycles. The van der Waals surface area contributed by atoms with E-state index >= 15 is 0 Å². The Bertz CT molecular complexity index is 411. The first-order chi connectivity index (χ1) is 7.34. The van der Waals surface area contributed by atoms with Crippen LogP contribution >= 0.6 is 0 Å². The fraction of sp³-hybridized carbons (Fsp3) is 0.462. The molecule has 0 aromatic heterocycles. The van der Waals surface area contributed by atoms with Gasteiger partial charge >= 0.3 is 0 Å². The van der Waals surface area contributed by atoms with Crippen molar-refractivity contribution < 1.29 is 9.90 Å². The largest absolute Gasteiger partial charge is 0.384 e. The number of benzene rings is 1. The third-order valence-electron chi connectivity index (χ3n) is 2.86. The molecule has 1 aromatic rings. The molecule has 0 aliphatic carbocycles. The van der Waals surface area contributed by atoms with Gasteiger partial charge in [0.05, 0.1) is 0 Å². The Labute approximate surface area is 96.7 Å². The maximum atomic E-state index is 11.7. The van der Waals surface area contributed by atoms with Crippen LogP contribution < -0.4 is 4.90 Å². The van der Waals surface area contributed by atoms with Gasteiger partial charge in [0.2, 0.25) is 0 Å². The second kappa shape index (κ2) is 4.66. The summed E-state index contributed by atoms with van der Waals surface area (Å²) in [4.78, 5) is 13.2. The molecule has 0 radical (unpaired) electrons. The number of hydrogen-bond donors (Lipinski definition) is 1. The number of likely N-dealkylation sites (N-methyl/N-ethyl adjacent to an activating group) is 1. The van der Waals surface area contributed by atoms with Crippen LogP contribution in [0.4, 0.5) is 5.69 Å². The van der Waals surface area contributed by atoms with E-state index in [1.165, 1.54) is 17.4 Å². The van der Waals surface area contributed by atoms with E-state index in [2.05, 4.69) is 6.07 Å². The maximum absolute atomic E-state index is 11.7. The van der Waals surface area contributed by atoms with E-state index in [1.54, 1.807) is 7.05 Å². The Morgan fingerprint density at radius 3 is 2.19 bits per heavy atom. The zero-order valence-corrected chi connectivity index (χ0v) is 10.5. The van der Waals surface area contributed by atoms with Crippen LogP contribution in [0.15, 0.2) is 12.1 Å². The third kappa shape index (κ3) is 2.42. The highest BCUT2D eigenvalue weighted by Crippen LogP contribution is 2.23. The van der Waals surface area contributed by atoms with Crippen LogP contribution in [0.3, 0.4) is 0 Å². The summed E-state index contributed by atoms with van der Waals surface area (Å²) >= 11 is 0. The number of aryl methyl sites for hydroxylation is 3. The molecule has 1 unspecified atom stereocenters. The van der Waals surface area contributed by atoms with Gasteiger partial charge in [-0.25, -0.2) is 0 Å². The van der Waals surface area contributed by atoms with Crippen LogP contribution in [0.1, 0.15) is 23.6 Å². The van der Waals surface area contributed by atoms with Crippen molar-refractivity contribution in [3.8, 4) is 0 Å². The van der Waals surface area contributed by atoms with Crippen LogP contribution in [0.25, 0.3) is 0 Å². The number of carbonyl (C=O) groups excluding carboxylic acids is 1. The Morgan fingerprint density at radius 2 is 1.69 bits per heavy atom. The van der Waals surface area contributed by atoms with Gasteiger partial charge in [0.25, 0.3) is 5.91 Å². The lowest BCUT2D eigenvalue weighted by atomic mass is 10.0. The summed E-state index contributed by atoms with van der Waals surface area (Å²) in [5.41, 5.74) is 4.25. The third-order valence-corrected chi connectivity index (χ3v) is 2.86. The lowest BCUT2D eigenvalue weighted by Gasteiger charge is -2.22. The highest BCUT2D eigenvalue weighted by molar-refractivity contribution is 5.96. The Balaban J connectivity index is 3.14. The zero-order valence-electron chi connectivity index (χ0n) is 10.5. The maximum Gasteiger partial charge on any atom is 0.255 e. The van der Waals surface area contributed by atoms with Gasteiger partial charge in [-0.1, -0.05) is 6.07 Å². The van der Waals surface area contributed by atoms with Gasteiger partial charge in [-0.2, -0.15) is 0 Å². The smallest absolute Gasteiger partial charge is 0.255 e. The number of rotatable bonds is 2. The summed E-state index contributed by atoms with van der Waals surface area (Å²) in [5, 5.41) is 9.28. The zero-order chi connectivity index (χ0) is 12.5. The second-order valence-corrected chi connectivity index (χ2v) is 4.30. The summed E-state index contributed by atoms with van der Waals surface area (Å²) in [6, 6.07) is 4.03. The molecule has 0 aliphatic rings. The highest BCUT2D eigenvalue weighted by atomic mass is 16.3. The summed E-state index contributed by atoms with van der Waals surface area (Å²) < 4.78 is 0. The van der Waals surface area contributed by atoms with Crippen molar-refractivity contribution >= 4 is 11.6 Å². The number of nitrogens with zero attached hydrogens (tertiary/aromatic N) is 1. The first kappa shape index (κ1) is 12.7. The van der Waals surface area contributed by atoms with E-state index in [-0.39, 0.29) is 5.91 Å². The number of amides is 1. The van der Waals surface area contributed by atoms with Crippen LogP contribution in [-0.4, -0.2) is 24.2 Å². The molecule has 1 rings (SSSR count). The van der Waals surface area contributed by atoms with Gasteiger partial charge in [-0.15, -0.1) is 0 Å². The molecule has 0 bridgehead atoms. The molecule has 0 spiro atoms. The molecule has 1 atom stereocenters. The van der Waals surface area contributed by atoms with Crippen molar-refractivity contribution in [3.63, 3.8) is 0 Å². The van der Waals surface area contributed by atoms with Gasteiger partial charge in [-0.3, -0.25) is 4.79 Å². The van der Waals surface area contributed by atoms with Gasteiger partial charge in [0, 0.05) is 12.7 Å². The number of hydrogen-bond acceptors (Lipinski definition) is 2. The predicted molar refractivity (Wildman–Crippen MR) is 65.7 cm³/mol. The molecule has 16 heavy (non-hydrogen) atoms. The van der Waals surface area contributed by atoms with Crippen molar-refractivity contribution in [1.29, 1.82) is 0 Å². The Kier molecular flexibility index (Phi) is 3.70. The lowest BCUT2D eigenvalue weighted by molar-refractivity contribution is -0.125. The number of aliphatic hydroxyl groups is 1. The van der Waals surface area contributed by atoms with E-state index < -0.39 is 6.10 Å². The van der Waals surface area contributed by atoms with E-state index in [0.29, 0.717) is 0 Å². The van der Waals surface area contributed by atoms with Crippen molar-refractivity contribution in [2.75, 3.05) is 11.9 Å². The quantitative estimate of drug-likeness (QED) is 0.829. The molecule has 0 saturated carbocycles. The molecule has 88 valence electrons. The number of aliphatic hydroxyl groups excluding tert-OH is 1. The molecule has 0 fully saturated rings. The average molecular weight is 221 g/mol. The van der Waals surface area contributed by atoms with E-state index in [1.807, 2.05) is 26.8 Å². The number of anilines is 1. The molecule has 1 amide bonds. The molecule has 1 aromatic carbocycles. The fourth-order valence-corrected chi connectivity index (χ4v) is 1.71. The SMILES string of the molecule is Cc1cc(C)c(N(C)C(=O)C(C)O)cc1C. The van der Waals surface area contributed by atoms with Crippen LogP contribution in [0.2, 0.25) is 0 Å². The van der Waals surface area contributed by atoms with Gasteiger partial charge in [0.1, 0.15) is 6.10 Å². The van der Waals surface area contributed by atoms with Gasteiger partial charge in [0.15, 0.2) is 0 Å². The standard InChI is InChI=1S/C13H19NO2/c1-8-6-10(3)12(7-9(8)2)14(5)13(16)11(4)15/h6-7,11,15H,1-5H3. The van der Waals surface area contributed by atoms with Crippen molar-refractivity contribution in [3.05, 3.63) is 28.8 Å². The van der Waals surface area contributed by atoms with E-state index in [9.17, 15) is 9.90 Å². The van der Waals surface area contributed by atoms with Crippen molar-refractivity contribution in [2.45, 2.75) is 33.8 Å². The molecule has 0 heterocycles. The van der Waals surface area contributed by atoms with Gasteiger partial charge < -0.3 is 10.0 Å². The van der Waals surface area contributed by atoms with Crippen LogP contribution in [0.5, 0.6) is 0 Å². The summed E-state index contributed by atoms with van der Waals surface area (Å²) in [6.07, 6.45) is -0.967. The molecular formula is C13H19NO2. The first-order valence-corrected chi connectivity index (χ1v) is 5.38. The van der Waals surface area contributed by atoms with Crippen LogP contribution in [-0.2, 0) is 4.79 Å². The normalized spacial score (nSPS) is 12.4. The van der Waals surface area contributed by atoms with E-state index in [4.69, 9.17) is 0 Å².